The molecule has 0 atom stereocenters. The van der Waals surface area contributed by atoms with Crippen LogP contribution in [0.3, 0.4) is 0 Å². The van der Waals surface area contributed by atoms with E-state index in [9.17, 15) is 0 Å². The van der Waals surface area contributed by atoms with E-state index in [1.165, 1.54) is 9.58 Å². The molecule has 0 saturated carbocycles. The molecule has 1 aromatic carbocycles. The smallest absolute Gasteiger partial charge is 0.0794 e. The molecule has 5 heteroatoms. The second-order valence-corrected chi connectivity index (χ2v) is 6.48. The van der Waals surface area contributed by atoms with Gasteiger partial charge in [-0.25, -0.2) is 4.98 Å². The number of thiophene rings is 1. The number of rotatable bonds is 5. The largest absolute Gasteiger partial charge is 0.311 e. The molecule has 98 valence electrons. The number of halogens is 1. The van der Waals surface area contributed by atoms with Gasteiger partial charge in [-0.2, -0.15) is 0 Å². The van der Waals surface area contributed by atoms with E-state index in [2.05, 4.69) is 33.9 Å². The quantitative estimate of drug-likeness (QED) is 0.709. The first-order valence-electron chi connectivity index (χ1n) is 6.08. The van der Waals surface area contributed by atoms with E-state index in [0.717, 1.165) is 35.6 Å². The molecule has 0 aliphatic rings. The zero-order valence-electron chi connectivity index (χ0n) is 10.2. The van der Waals surface area contributed by atoms with Crippen molar-refractivity contribution in [2.24, 2.45) is 0 Å². The van der Waals surface area contributed by atoms with Crippen LogP contribution in [0.25, 0.3) is 10.1 Å². The van der Waals surface area contributed by atoms with E-state index < -0.39 is 0 Å². The van der Waals surface area contributed by atoms with Gasteiger partial charge in [0.15, 0.2) is 0 Å². The van der Waals surface area contributed by atoms with Crippen LogP contribution < -0.4 is 5.32 Å². The number of aromatic nitrogens is 1. The zero-order chi connectivity index (χ0) is 13.1. The summed E-state index contributed by atoms with van der Waals surface area (Å²) in [7, 11) is 0. The second-order valence-electron chi connectivity index (χ2n) is 4.24. The summed E-state index contributed by atoms with van der Waals surface area (Å²) in [5.41, 5.74) is 3.03. The first-order chi connectivity index (χ1) is 9.34. The lowest BCUT2D eigenvalue weighted by Crippen LogP contribution is -2.16. The summed E-state index contributed by atoms with van der Waals surface area (Å²) in [5.74, 6) is 0. The molecule has 0 amide bonds. The van der Waals surface area contributed by atoms with Crippen LogP contribution in [0.4, 0.5) is 0 Å². The highest BCUT2D eigenvalue weighted by atomic mass is 35.5. The third kappa shape index (κ3) is 2.98. The maximum absolute atomic E-state index is 6.40. The summed E-state index contributed by atoms with van der Waals surface area (Å²) >= 11 is 9.80. The second kappa shape index (κ2) is 6.01. The van der Waals surface area contributed by atoms with Gasteiger partial charge < -0.3 is 5.32 Å². The maximum Gasteiger partial charge on any atom is 0.0794 e. The minimum Gasteiger partial charge on any atom is -0.311 e. The summed E-state index contributed by atoms with van der Waals surface area (Å²) in [5, 5.41) is 7.57. The van der Waals surface area contributed by atoms with Gasteiger partial charge in [-0.15, -0.1) is 22.7 Å². The van der Waals surface area contributed by atoms with E-state index in [4.69, 9.17) is 11.6 Å². The summed E-state index contributed by atoms with van der Waals surface area (Å²) in [6, 6.07) is 8.27. The molecule has 0 aliphatic carbocycles. The maximum atomic E-state index is 6.40. The van der Waals surface area contributed by atoms with Crippen molar-refractivity contribution < 1.29 is 0 Å². The minimum atomic E-state index is 0.822. The summed E-state index contributed by atoms with van der Waals surface area (Å²) in [4.78, 5) is 5.48. The van der Waals surface area contributed by atoms with Gasteiger partial charge in [0.1, 0.15) is 0 Å². The van der Waals surface area contributed by atoms with Gasteiger partial charge in [0.25, 0.3) is 0 Å². The van der Waals surface area contributed by atoms with Gasteiger partial charge in [-0.1, -0.05) is 29.8 Å². The Balaban J connectivity index is 1.61. The van der Waals surface area contributed by atoms with Crippen molar-refractivity contribution in [3.05, 3.63) is 50.7 Å². The van der Waals surface area contributed by atoms with Crippen LogP contribution in [-0.2, 0) is 13.0 Å². The van der Waals surface area contributed by atoms with Crippen molar-refractivity contribution in [1.29, 1.82) is 0 Å². The van der Waals surface area contributed by atoms with Gasteiger partial charge in [0.2, 0.25) is 0 Å². The van der Waals surface area contributed by atoms with Crippen molar-refractivity contribution in [1.82, 2.24) is 10.3 Å². The topological polar surface area (TPSA) is 24.9 Å². The highest BCUT2D eigenvalue weighted by Crippen LogP contribution is 2.34. The van der Waals surface area contributed by atoms with Crippen LogP contribution in [0.15, 0.2) is 35.2 Å². The fourth-order valence-electron chi connectivity index (χ4n) is 1.96. The number of thiazole rings is 1. The van der Waals surface area contributed by atoms with Crippen LogP contribution in [0.5, 0.6) is 0 Å². The molecule has 0 unspecified atom stereocenters. The molecule has 19 heavy (non-hydrogen) atoms. The van der Waals surface area contributed by atoms with E-state index >= 15 is 0 Å². The Bertz CT molecular complexity index is 661. The van der Waals surface area contributed by atoms with Gasteiger partial charge in [0, 0.05) is 39.9 Å². The average molecular weight is 309 g/mol. The normalized spacial score (nSPS) is 11.2. The molecule has 0 spiro atoms. The predicted octanol–water partition coefficient (Wildman–Crippen LogP) is 4.34. The molecule has 3 rings (SSSR count). The predicted molar refractivity (Wildman–Crippen MR) is 84.4 cm³/mol. The van der Waals surface area contributed by atoms with Crippen molar-refractivity contribution in [2.75, 3.05) is 6.54 Å². The fourth-order valence-corrected chi connectivity index (χ4v) is 4.02. The highest BCUT2D eigenvalue weighted by molar-refractivity contribution is 7.19. The van der Waals surface area contributed by atoms with E-state index in [1.54, 1.807) is 22.7 Å². The Kier molecular flexibility index (Phi) is 4.13. The molecule has 0 radical (unpaired) electrons. The zero-order valence-corrected chi connectivity index (χ0v) is 12.6. The van der Waals surface area contributed by atoms with E-state index in [1.807, 2.05) is 11.6 Å². The number of fused-ring (bicyclic) bond motifs is 1. The number of nitrogens with zero attached hydrogens (tertiary/aromatic N) is 1. The van der Waals surface area contributed by atoms with Crippen molar-refractivity contribution in [3.63, 3.8) is 0 Å². The van der Waals surface area contributed by atoms with Crippen molar-refractivity contribution >= 4 is 44.4 Å². The van der Waals surface area contributed by atoms with Gasteiger partial charge in [-0.3, -0.25) is 0 Å². The van der Waals surface area contributed by atoms with E-state index in [0.29, 0.717) is 0 Å². The lowest BCUT2D eigenvalue weighted by Gasteiger charge is -2.01. The molecule has 2 aromatic heterocycles. The number of hydrogen-bond acceptors (Lipinski definition) is 4. The SMILES string of the molecule is Clc1c(CNCCc2cscn2)sc2ccccc12. The standard InChI is InChI=1S/C14H13ClN2S2/c15-14-11-3-1-2-4-12(11)19-13(14)7-16-6-5-10-8-18-9-17-10/h1-4,8-9,16H,5-7H2. The number of nitrogens with one attached hydrogen (secondary N) is 1. The third-order valence-corrected chi connectivity index (χ3v) is 5.28. The Morgan fingerprint density at radius 1 is 1.26 bits per heavy atom. The Labute approximate surface area is 125 Å². The average Bonchev–Trinajstić information content (AvgIpc) is 3.04. The van der Waals surface area contributed by atoms with Crippen LogP contribution in [0.2, 0.25) is 5.02 Å². The lowest BCUT2D eigenvalue weighted by atomic mass is 10.2. The van der Waals surface area contributed by atoms with Gasteiger partial charge in [0.05, 0.1) is 16.2 Å². The summed E-state index contributed by atoms with van der Waals surface area (Å²) in [6.07, 6.45) is 0.964. The molecule has 0 fully saturated rings. The molecule has 2 nitrogen and oxygen atoms in total. The Morgan fingerprint density at radius 2 is 2.16 bits per heavy atom. The molecule has 1 N–H and O–H groups in total. The fraction of sp³-hybridized carbons (Fsp3) is 0.214. The molecule has 0 bridgehead atoms. The molecular formula is C14H13ClN2S2. The molecule has 0 saturated heterocycles. The molecule has 0 aliphatic heterocycles. The van der Waals surface area contributed by atoms with Crippen molar-refractivity contribution in [2.45, 2.75) is 13.0 Å². The van der Waals surface area contributed by atoms with E-state index in [-0.39, 0.29) is 0 Å². The monoisotopic (exact) mass is 308 g/mol. The first-order valence-corrected chi connectivity index (χ1v) is 8.22. The molecular weight excluding hydrogens is 296 g/mol. The van der Waals surface area contributed by atoms with Crippen LogP contribution in [-0.4, -0.2) is 11.5 Å². The lowest BCUT2D eigenvalue weighted by molar-refractivity contribution is 0.688. The summed E-state index contributed by atoms with van der Waals surface area (Å²) < 4.78 is 1.25. The molecule has 2 heterocycles. The van der Waals surface area contributed by atoms with Crippen molar-refractivity contribution in [3.8, 4) is 0 Å². The minimum absolute atomic E-state index is 0.822. The van der Waals surface area contributed by atoms with Gasteiger partial charge in [-0.05, 0) is 6.07 Å². The molecule has 3 aromatic rings. The number of benzene rings is 1. The third-order valence-electron chi connectivity index (χ3n) is 2.93. The Hall–Kier alpha value is -0.940. The van der Waals surface area contributed by atoms with Crippen LogP contribution in [0.1, 0.15) is 10.6 Å². The van der Waals surface area contributed by atoms with Crippen LogP contribution >= 0.6 is 34.3 Å². The summed E-state index contributed by atoms with van der Waals surface area (Å²) in [6.45, 7) is 1.75. The number of hydrogen-bond donors (Lipinski definition) is 1. The van der Waals surface area contributed by atoms with Crippen LogP contribution in [0, 0.1) is 0 Å². The first kappa shape index (κ1) is 13.1. The Morgan fingerprint density at radius 3 is 2.95 bits per heavy atom. The highest BCUT2D eigenvalue weighted by Gasteiger charge is 2.08. The van der Waals surface area contributed by atoms with Gasteiger partial charge >= 0.3 is 0 Å².